The van der Waals surface area contributed by atoms with Crippen LogP contribution in [0.15, 0.2) is 48.5 Å². The van der Waals surface area contributed by atoms with Crippen molar-refractivity contribution in [2.24, 2.45) is 0 Å². The van der Waals surface area contributed by atoms with Crippen LogP contribution in [0.1, 0.15) is 16.5 Å². The van der Waals surface area contributed by atoms with Crippen molar-refractivity contribution in [3.05, 3.63) is 69.8 Å². The molecule has 0 aliphatic rings. The second kappa shape index (κ2) is 5.52. The zero-order chi connectivity index (χ0) is 14.1. The lowest BCUT2D eigenvalue weighted by atomic mass is 10.1. The molecule has 1 atom stereocenters. The topological polar surface area (TPSA) is 20.2 Å². The molecule has 0 fully saturated rings. The molecule has 3 aromatic rings. The molecule has 0 spiro atoms. The van der Waals surface area contributed by atoms with Gasteiger partial charge in [-0.1, -0.05) is 23.7 Å². The van der Waals surface area contributed by atoms with Crippen LogP contribution in [0, 0.1) is 5.82 Å². The van der Waals surface area contributed by atoms with Crippen molar-refractivity contribution in [1.29, 1.82) is 0 Å². The third kappa shape index (κ3) is 2.85. The molecule has 3 rings (SSSR count). The minimum atomic E-state index is -0.603. The van der Waals surface area contributed by atoms with Crippen LogP contribution >= 0.6 is 22.9 Å². The highest BCUT2D eigenvalue weighted by molar-refractivity contribution is 7.19. The van der Waals surface area contributed by atoms with E-state index in [9.17, 15) is 9.50 Å². The number of aliphatic hydroxyl groups excluding tert-OH is 1. The normalized spacial score (nSPS) is 12.8. The largest absolute Gasteiger partial charge is 0.387 e. The van der Waals surface area contributed by atoms with E-state index in [0.29, 0.717) is 11.4 Å². The van der Waals surface area contributed by atoms with E-state index in [2.05, 4.69) is 0 Å². The van der Waals surface area contributed by atoms with Gasteiger partial charge in [-0.15, -0.1) is 11.3 Å². The Hall–Kier alpha value is -1.42. The highest BCUT2D eigenvalue weighted by Crippen LogP contribution is 2.32. The Balaban J connectivity index is 1.86. The minimum absolute atomic E-state index is 0.258. The van der Waals surface area contributed by atoms with Gasteiger partial charge in [-0.3, -0.25) is 0 Å². The fraction of sp³-hybridized carbons (Fsp3) is 0.125. The lowest BCUT2D eigenvalue weighted by molar-refractivity contribution is 0.182. The maximum Gasteiger partial charge on any atom is 0.123 e. The number of halogens is 2. The first-order valence-corrected chi connectivity index (χ1v) is 7.43. The summed E-state index contributed by atoms with van der Waals surface area (Å²) in [7, 11) is 0. The minimum Gasteiger partial charge on any atom is -0.387 e. The second-order valence-electron chi connectivity index (χ2n) is 4.68. The van der Waals surface area contributed by atoms with E-state index in [1.165, 1.54) is 23.5 Å². The molecule has 0 aliphatic carbocycles. The molecule has 4 heteroatoms. The fourth-order valence-electron chi connectivity index (χ4n) is 2.19. The number of benzene rings is 2. The monoisotopic (exact) mass is 306 g/mol. The van der Waals surface area contributed by atoms with Gasteiger partial charge in [0.05, 0.1) is 6.10 Å². The van der Waals surface area contributed by atoms with E-state index < -0.39 is 6.10 Å². The van der Waals surface area contributed by atoms with Crippen LogP contribution in [0.4, 0.5) is 4.39 Å². The van der Waals surface area contributed by atoms with Crippen molar-refractivity contribution in [3.8, 4) is 0 Å². The Morgan fingerprint density at radius 2 is 2.00 bits per heavy atom. The zero-order valence-electron chi connectivity index (χ0n) is 10.5. The first-order chi connectivity index (χ1) is 9.61. The number of hydrogen-bond acceptors (Lipinski definition) is 2. The van der Waals surface area contributed by atoms with Gasteiger partial charge in [-0.05, 0) is 47.3 Å². The van der Waals surface area contributed by atoms with Crippen LogP contribution in [-0.2, 0) is 6.42 Å². The van der Waals surface area contributed by atoms with Crippen molar-refractivity contribution in [3.63, 3.8) is 0 Å². The maximum atomic E-state index is 13.2. The quantitative estimate of drug-likeness (QED) is 0.724. The third-order valence-corrected chi connectivity index (χ3v) is 4.60. The summed E-state index contributed by atoms with van der Waals surface area (Å²) < 4.78 is 14.1. The molecule has 20 heavy (non-hydrogen) atoms. The van der Waals surface area contributed by atoms with Gasteiger partial charge in [0.1, 0.15) is 5.82 Å². The van der Waals surface area contributed by atoms with Gasteiger partial charge >= 0.3 is 0 Å². The SMILES string of the molecule is OC(Cc1cccc(Cl)c1)c1cc2cc(F)ccc2s1. The van der Waals surface area contributed by atoms with Crippen molar-refractivity contribution < 1.29 is 9.50 Å². The van der Waals surface area contributed by atoms with Crippen LogP contribution in [0.5, 0.6) is 0 Å². The molecule has 0 amide bonds. The molecule has 1 N–H and O–H groups in total. The number of rotatable bonds is 3. The molecule has 2 aromatic carbocycles. The van der Waals surface area contributed by atoms with Gasteiger partial charge in [-0.2, -0.15) is 0 Å². The first-order valence-electron chi connectivity index (χ1n) is 6.23. The average Bonchev–Trinajstić information content (AvgIpc) is 2.81. The summed E-state index contributed by atoms with van der Waals surface area (Å²) in [5.74, 6) is -0.258. The van der Waals surface area contributed by atoms with E-state index in [1.807, 2.05) is 24.3 Å². The van der Waals surface area contributed by atoms with Crippen molar-refractivity contribution >= 4 is 33.0 Å². The highest BCUT2D eigenvalue weighted by Gasteiger charge is 2.13. The summed E-state index contributed by atoms with van der Waals surface area (Å²) in [4.78, 5) is 0.838. The molecule has 1 unspecified atom stereocenters. The fourth-order valence-corrected chi connectivity index (χ4v) is 3.43. The summed E-state index contributed by atoms with van der Waals surface area (Å²) in [6.07, 6.45) is -0.107. The summed E-state index contributed by atoms with van der Waals surface area (Å²) in [5.41, 5.74) is 0.980. The lowest BCUT2D eigenvalue weighted by Crippen LogP contribution is -1.99. The lowest BCUT2D eigenvalue weighted by Gasteiger charge is -2.08. The zero-order valence-corrected chi connectivity index (χ0v) is 12.1. The number of thiophene rings is 1. The molecule has 0 aliphatic heterocycles. The molecular weight excluding hydrogens is 295 g/mol. The van der Waals surface area contributed by atoms with E-state index in [0.717, 1.165) is 20.5 Å². The maximum absolute atomic E-state index is 13.2. The molecule has 0 saturated carbocycles. The van der Waals surface area contributed by atoms with Crippen molar-refractivity contribution in [2.75, 3.05) is 0 Å². The highest BCUT2D eigenvalue weighted by atomic mass is 35.5. The standard InChI is InChI=1S/C16H12ClFOS/c17-12-3-1-2-10(6-12)7-14(19)16-9-11-8-13(18)4-5-15(11)20-16/h1-6,8-9,14,19H,7H2. The van der Waals surface area contributed by atoms with Crippen LogP contribution in [0.2, 0.25) is 5.02 Å². The van der Waals surface area contributed by atoms with Crippen molar-refractivity contribution in [1.82, 2.24) is 0 Å². The Kier molecular flexibility index (Phi) is 3.74. The van der Waals surface area contributed by atoms with Crippen LogP contribution in [0.3, 0.4) is 0 Å². The Morgan fingerprint density at radius 1 is 1.15 bits per heavy atom. The predicted molar refractivity (Wildman–Crippen MR) is 81.9 cm³/mol. The molecule has 1 nitrogen and oxygen atoms in total. The van der Waals surface area contributed by atoms with E-state index in [-0.39, 0.29) is 5.82 Å². The van der Waals surface area contributed by atoms with Crippen molar-refractivity contribution in [2.45, 2.75) is 12.5 Å². The van der Waals surface area contributed by atoms with Gasteiger partial charge in [0.2, 0.25) is 0 Å². The summed E-state index contributed by atoms with van der Waals surface area (Å²) in [6, 6.07) is 14.0. The van der Waals surface area contributed by atoms with Gasteiger partial charge in [0.15, 0.2) is 0 Å². The Morgan fingerprint density at radius 3 is 2.80 bits per heavy atom. The Labute approximate surface area is 125 Å². The number of aliphatic hydroxyl groups is 1. The van der Waals surface area contributed by atoms with E-state index in [1.54, 1.807) is 12.1 Å². The first kappa shape index (κ1) is 13.6. The number of fused-ring (bicyclic) bond motifs is 1. The van der Waals surface area contributed by atoms with E-state index >= 15 is 0 Å². The van der Waals surface area contributed by atoms with Crippen LogP contribution in [-0.4, -0.2) is 5.11 Å². The average molecular weight is 307 g/mol. The Bertz CT molecular complexity index is 753. The molecule has 102 valence electrons. The summed E-state index contributed by atoms with van der Waals surface area (Å²) in [5, 5.41) is 11.8. The molecular formula is C16H12ClFOS. The molecule has 1 heterocycles. The molecule has 0 bridgehead atoms. The van der Waals surface area contributed by atoms with Gasteiger partial charge in [-0.25, -0.2) is 4.39 Å². The van der Waals surface area contributed by atoms with Crippen LogP contribution < -0.4 is 0 Å². The van der Waals surface area contributed by atoms with Gasteiger partial charge < -0.3 is 5.11 Å². The summed E-state index contributed by atoms with van der Waals surface area (Å²) >= 11 is 7.42. The third-order valence-electron chi connectivity index (χ3n) is 3.14. The van der Waals surface area contributed by atoms with E-state index in [4.69, 9.17) is 11.6 Å². The van der Waals surface area contributed by atoms with Gasteiger partial charge in [0.25, 0.3) is 0 Å². The molecule has 0 saturated heterocycles. The predicted octanol–water partition coefficient (Wildman–Crippen LogP) is 4.97. The van der Waals surface area contributed by atoms with Crippen LogP contribution in [0.25, 0.3) is 10.1 Å². The smallest absolute Gasteiger partial charge is 0.123 e. The molecule has 0 radical (unpaired) electrons. The number of hydrogen-bond donors (Lipinski definition) is 1. The summed E-state index contributed by atoms with van der Waals surface area (Å²) in [6.45, 7) is 0. The second-order valence-corrected chi connectivity index (χ2v) is 6.23. The molecule has 1 aromatic heterocycles. The van der Waals surface area contributed by atoms with Gasteiger partial charge in [0, 0.05) is 21.0 Å².